The molecular weight excluding hydrogens is 104 g/mol. The van der Waals surface area contributed by atoms with Crippen molar-refractivity contribution in [3.05, 3.63) is 12.3 Å². The molecule has 2 nitrogen and oxygen atoms in total. The lowest BCUT2D eigenvalue weighted by Gasteiger charge is -1.87. The Morgan fingerprint density at radius 2 is 2.50 bits per heavy atom. The van der Waals surface area contributed by atoms with Crippen molar-refractivity contribution in [2.24, 2.45) is 0 Å². The van der Waals surface area contributed by atoms with E-state index in [1.54, 1.807) is 0 Å². The highest BCUT2D eigenvalue weighted by molar-refractivity contribution is 5.50. The van der Waals surface area contributed by atoms with Gasteiger partial charge in [-0.25, -0.2) is 0 Å². The molecule has 0 N–H and O–H groups in total. The Kier molecular flexibility index (Phi) is 5.60. The van der Waals surface area contributed by atoms with E-state index in [2.05, 4.69) is 6.08 Å². The van der Waals surface area contributed by atoms with Crippen LogP contribution in [-0.2, 0) is 9.53 Å². The molecule has 0 saturated carbocycles. The molecule has 0 aliphatic rings. The fourth-order valence-corrected chi connectivity index (χ4v) is 0.238. The molecule has 0 amide bonds. The molecule has 0 unspecified atom stereocenters. The van der Waals surface area contributed by atoms with E-state index in [1.165, 1.54) is 6.26 Å². The average Bonchev–Trinajstić information content (AvgIpc) is 1.81. The second-order valence-corrected chi connectivity index (χ2v) is 1.15. The van der Waals surface area contributed by atoms with Gasteiger partial charge in [-0.3, -0.25) is 0 Å². The van der Waals surface area contributed by atoms with Gasteiger partial charge >= 0.3 is 0 Å². The number of hydrogen-bond acceptors (Lipinski definition) is 2. The van der Waals surface area contributed by atoms with Crippen LogP contribution in [0.3, 0.4) is 0 Å². The number of carbonyl (C=O) groups excluding carboxylic acids is 1. The Hall–Kier alpha value is -0.790. The fraction of sp³-hybridized carbons (Fsp3) is 0.500. The van der Waals surface area contributed by atoms with E-state index >= 15 is 0 Å². The van der Waals surface area contributed by atoms with Gasteiger partial charge in [0.25, 0.3) is 0 Å². The maximum Gasteiger partial charge on any atom is 0.124 e. The molecule has 0 saturated heterocycles. The Labute approximate surface area is 49.1 Å². The topological polar surface area (TPSA) is 26.3 Å². The Balaban J connectivity index is 2.94. The van der Waals surface area contributed by atoms with Gasteiger partial charge < -0.3 is 9.53 Å². The number of hydrogen-bond donors (Lipinski definition) is 0. The van der Waals surface area contributed by atoms with Crippen LogP contribution in [-0.4, -0.2) is 12.9 Å². The lowest BCUT2D eigenvalue weighted by atomic mass is 10.5. The van der Waals surface area contributed by atoms with Crippen molar-refractivity contribution in [3.63, 3.8) is 0 Å². The molecule has 0 aromatic carbocycles. The molecule has 0 aromatic heterocycles. The van der Waals surface area contributed by atoms with Gasteiger partial charge in [0, 0.05) is 12.5 Å². The third-order valence-corrected chi connectivity index (χ3v) is 0.535. The van der Waals surface area contributed by atoms with Gasteiger partial charge in [-0.05, 0) is 6.92 Å². The first kappa shape index (κ1) is 7.21. The summed E-state index contributed by atoms with van der Waals surface area (Å²) in [5.74, 6) is 0. The SMILES string of the molecule is CCOC=[C]CC=O. The van der Waals surface area contributed by atoms with E-state index in [0.717, 1.165) is 6.29 Å². The van der Waals surface area contributed by atoms with Crippen molar-refractivity contribution in [2.75, 3.05) is 6.61 Å². The molecule has 0 aromatic rings. The summed E-state index contributed by atoms with van der Waals surface area (Å²) in [5.41, 5.74) is 0. The van der Waals surface area contributed by atoms with Gasteiger partial charge in [-0.2, -0.15) is 0 Å². The van der Waals surface area contributed by atoms with Gasteiger partial charge in [0.2, 0.25) is 0 Å². The maximum atomic E-state index is 9.63. The Bertz CT molecular complexity index is 76.6. The van der Waals surface area contributed by atoms with Crippen LogP contribution in [0.2, 0.25) is 0 Å². The molecule has 0 heterocycles. The van der Waals surface area contributed by atoms with Crippen LogP contribution in [0.15, 0.2) is 6.26 Å². The van der Waals surface area contributed by atoms with E-state index in [4.69, 9.17) is 4.74 Å². The minimum Gasteiger partial charge on any atom is -0.501 e. The molecule has 1 radical (unpaired) electrons. The number of aldehydes is 1. The van der Waals surface area contributed by atoms with Crippen LogP contribution in [0.4, 0.5) is 0 Å². The summed E-state index contributed by atoms with van der Waals surface area (Å²) in [4.78, 5) is 9.63. The minimum absolute atomic E-state index is 0.319. The van der Waals surface area contributed by atoms with Crippen molar-refractivity contribution in [1.82, 2.24) is 0 Å². The molecule has 45 valence electrons. The molecule has 0 bridgehead atoms. The normalized spacial score (nSPS) is 9.62. The molecular formula is C6H9O2. The first-order valence-corrected chi connectivity index (χ1v) is 2.52. The molecule has 8 heavy (non-hydrogen) atoms. The van der Waals surface area contributed by atoms with Crippen molar-refractivity contribution < 1.29 is 9.53 Å². The van der Waals surface area contributed by atoms with Crippen molar-refractivity contribution in [3.8, 4) is 0 Å². The number of carbonyl (C=O) groups is 1. The smallest absolute Gasteiger partial charge is 0.124 e. The predicted molar refractivity (Wildman–Crippen MR) is 30.1 cm³/mol. The van der Waals surface area contributed by atoms with E-state index in [1.807, 2.05) is 6.92 Å². The summed E-state index contributed by atoms with van der Waals surface area (Å²) in [6.45, 7) is 2.50. The quantitative estimate of drug-likeness (QED) is 0.400. The van der Waals surface area contributed by atoms with Crippen LogP contribution >= 0.6 is 0 Å². The Morgan fingerprint density at radius 3 is 3.00 bits per heavy atom. The molecule has 0 aliphatic carbocycles. The number of rotatable bonds is 4. The first-order valence-electron chi connectivity index (χ1n) is 2.52. The summed E-state index contributed by atoms with van der Waals surface area (Å²) in [7, 11) is 0. The largest absolute Gasteiger partial charge is 0.501 e. The molecule has 0 atom stereocenters. The van der Waals surface area contributed by atoms with Crippen LogP contribution in [0.1, 0.15) is 13.3 Å². The summed E-state index contributed by atoms with van der Waals surface area (Å²) in [6, 6.07) is 0. The third kappa shape index (κ3) is 5.21. The van der Waals surface area contributed by atoms with Crippen molar-refractivity contribution >= 4 is 6.29 Å². The van der Waals surface area contributed by atoms with E-state index < -0.39 is 0 Å². The maximum absolute atomic E-state index is 9.63. The molecule has 0 rings (SSSR count). The lowest BCUT2D eigenvalue weighted by Crippen LogP contribution is -1.76. The zero-order chi connectivity index (χ0) is 6.24. The molecule has 0 fully saturated rings. The van der Waals surface area contributed by atoms with Gasteiger partial charge in [0.05, 0.1) is 12.9 Å². The molecule has 0 spiro atoms. The van der Waals surface area contributed by atoms with E-state index in [-0.39, 0.29) is 0 Å². The second-order valence-electron chi connectivity index (χ2n) is 1.15. The highest BCUT2D eigenvalue weighted by Crippen LogP contribution is 1.76. The number of allylic oxidation sites excluding steroid dienone is 1. The Morgan fingerprint density at radius 1 is 1.75 bits per heavy atom. The fourth-order valence-electron chi connectivity index (χ4n) is 0.238. The second kappa shape index (κ2) is 6.21. The highest BCUT2D eigenvalue weighted by Gasteiger charge is 1.71. The lowest BCUT2D eigenvalue weighted by molar-refractivity contribution is -0.107. The summed E-state index contributed by atoms with van der Waals surface area (Å²) in [5, 5.41) is 0. The molecule has 2 heteroatoms. The predicted octanol–water partition coefficient (Wildman–Crippen LogP) is 0.929. The van der Waals surface area contributed by atoms with Crippen molar-refractivity contribution in [1.29, 1.82) is 0 Å². The zero-order valence-corrected chi connectivity index (χ0v) is 4.89. The highest BCUT2D eigenvalue weighted by atomic mass is 16.5. The van der Waals surface area contributed by atoms with Gasteiger partial charge in [0.1, 0.15) is 6.29 Å². The third-order valence-electron chi connectivity index (χ3n) is 0.535. The summed E-state index contributed by atoms with van der Waals surface area (Å²) >= 11 is 0. The first-order chi connectivity index (χ1) is 3.91. The van der Waals surface area contributed by atoms with Crippen LogP contribution in [0.25, 0.3) is 0 Å². The van der Waals surface area contributed by atoms with E-state index in [0.29, 0.717) is 13.0 Å². The summed E-state index contributed by atoms with van der Waals surface area (Å²) < 4.78 is 4.74. The van der Waals surface area contributed by atoms with E-state index in [9.17, 15) is 4.79 Å². The zero-order valence-electron chi connectivity index (χ0n) is 4.89. The standard InChI is InChI=1S/C6H9O2/c1-2-8-6-4-3-5-7/h5-6H,2-3H2,1H3. The van der Waals surface area contributed by atoms with Crippen LogP contribution in [0.5, 0.6) is 0 Å². The average molecular weight is 113 g/mol. The van der Waals surface area contributed by atoms with Crippen LogP contribution in [0, 0.1) is 6.08 Å². The van der Waals surface area contributed by atoms with Crippen molar-refractivity contribution in [2.45, 2.75) is 13.3 Å². The monoisotopic (exact) mass is 113 g/mol. The van der Waals surface area contributed by atoms with Crippen LogP contribution < -0.4 is 0 Å². The summed E-state index contributed by atoms with van der Waals surface area (Å²) in [6.07, 6.45) is 5.12. The van der Waals surface area contributed by atoms with Gasteiger partial charge in [-0.1, -0.05) is 0 Å². The minimum atomic E-state index is 0.319. The van der Waals surface area contributed by atoms with Gasteiger partial charge in [-0.15, -0.1) is 0 Å². The molecule has 0 aliphatic heterocycles. The number of ether oxygens (including phenoxy) is 1. The van der Waals surface area contributed by atoms with Gasteiger partial charge in [0.15, 0.2) is 0 Å².